The van der Waals surface area contributed by atoms with Crippen molar-refractivity contribution in [3.8, 4) is 6.07 Å². The molecule has 0 aliphatic heterocycles. The van der Waals surface area contributed by atoms with Gasteiger partial charge in [0.25, 0.3) is 0 Å². The van der Waals surface area contributed by atoms with Crippen LogP contribution < -0.4 is 5.32 Å². The second-order valence-electron chi connectivity index (χ2n) is 4.81. The Kier molecular flexibility index (Phi) is 6.98. The molecule has 0 heterocycles. The summed E-state index contributed by atoms with van der Waals surface area (Å²) in [5.74, 6) is -2.29. The minimum Gasteiger partial charge on any atom is -0.480 e. The van der Waals surface area contributed by atoms with Gasteiger partial charge in [-0.1, -0.05) is 20.8 Å². The molecule has 0 aromatic rings. The number of carbonyl (C=O) groups excluding carboxylic acids is 1. The lowest BCUT2D eigenvalue weighted by Crippen LogP contribution is -2.49. The SMILES string of the molecule is CC(C)C[C@@H](O)C(=O)N[C@@H](C(=O)O)[C@H](C)CC#N. The van der Waals surface area contributed by atoms with Crippen LogP contribution in [0.25, 0.3) is 0 Å². The van der Waals surface area contributed by atoms with Crippen LogP contribution in [0.1, 0.15) is 33.6 Å². The fourth-order valence-corrected chi connectivity index (χ4v) is 1.51. The van der Waals surface area contributed by atoms with Crippen LogP contribution in [0.2, 0.25) is 0 Å². The third-order valence-corrected chi connectivity index (χ3v) is 2.54. The Labute approximate surface area is 107 Å². The van der Waals surface area contributed by atoms with Gasteiger partial charge in [-0.25, -0.2) is 4.79 Å². The van der Waals surface area contributed by atoms with Crippen molar-refractivity contribution < 1.29 is 19.8 Å². The number of hydrogen-bond donors (Lipinski definition) is 3. The highest BCUT2D eigenvalue weighted by atomic mass is 16.4. The van der Waals surface area contributed by atoms with Gasteiger partial charge in [0.2, 0.25) is 5.91 Å². The number of carboxylic acid groups (broad SMARTS) is 1. The number of aliphatic carboxylic acids is 1. The third kappa shape index (κ3) is 5.64. The lowest BCUT2D eigenvalue weighted by atomic mass is 9.98. The van der Waals surface area contributed by atoms with Gasteiger partial charge in [-0.3, -0.25) is 4.79 Å². The molecule has 0 bridgehead atoms. The van der Waals surface area contributed by atoms with E-state index >= 15 is 0 Å². The maximum Gasteiger partial charge on any atom is 0.326 e. The molecule has 3 atom stereocenters. The summed E-state index contributed by atoms with van der Waals surface area (Å²) >= 11 is 0. The first-order valence-electron chi connectivity index (χ1n) is 5.87. The van der Waals surface area contributed by atoms with Gasteiger partial charge in [-0.05, 0) is 12.3 Å². The first-order valence-corrected chi connectivity index (χ1v) is 5.87. The standard InChI is InChI=1S/C12H20N2O4/c1-7(2)6-9(15)11(16)14-10(12(17)18)8(3)4-5-13/h7-10,15H,4,6H2,1-3H3,(H,14,16)(H,17,18)/t8-,9-,10-/m1/s1. The van der Waals surface area contributed by atoms with Gasteiger partial charge in [-0.15, -0.1) is 0 Å². The van der Waals surface area contributed by atoms with Crippen LogP contribution >= 0.6 is 0 Å². The van der Waals surface area contributed by atoms with Crippen molar-refractivity contribution in [2.24, 2.45) is 11.8 Å². The molecular formula is C12H20N2O4. The van der Waals surface area contributed by atoms with Crippen LogP contribution in [0.5, 0.6) is 0 Å². The lowest BCUT2D eigenvalue weighted by Gasteiger charge is -2.21. The summed E-state index contributed by atoms with van der Waals surface area (Å²) in [7, 11) is 0. The number of nitrogens with one attached hydrogen (secondary N) is 1. The number of nitrogens with zero attached hydrogens (tertiary/aromatic N) is 1. The van der Waals surface area contributed by atoms with Crippen molar-refractivity contribution in [3.63, 3.8) is 0 Å². The average Bonchev–Trinajstić information content (AvgIpc) is 2.24. The fraction of sp³-hybridized carbons (Fsp3) is 0.750. The molecule has 0 rings (SSSR count). The quantitative estimate of drug-likeness (QED) is 0.614. The predicted molar refractivity (Wildman–Crippen MR) is 64.4 cm³/mol. The Balaban J connectivity index is 4.55. The zero-order valence-corrected chi connectivity index (χ0v) is 10.9. The molecule has 6 heteroatoms. The predicted octanol–water partition coefficient (Wildman–Crippen LogP) is 0.513. The van der Waals surface area contributed by atoms with E-state index in [1.165, 1.54) is 0 Å². The molecular weight excluding hydrogens is 236 g/mol. The topological polar surface area (TPSA) is 110 Å². The van der Waals surface area contributed by atoms with Crippen LogP contribution in [-0.2, 0) is 9.59 Å². The second kappa shape index (κ2) is 7.67. The van der Waals surface area contributed by atoms with Crippen LogP contribution in [0.15, 0.2) is 0 Å². The maximum atomic E-state index is 11.6. The lowest BCUT2D eigenvalue weighted by molar-refractivity contribution is -0.145. The second-order valence-corrected chi connectivity index (χ2v) is 4.81. The maximum absolute atomic E-state index is 11.6. The van der Waals surface area contributed by atoms with Gasteiger partial charge in [0, 0.05) is 12.3 Å². The zero-order chi connectivity index (χ0) is 14.3. The Morgan fingerprint density at radius 2 is 1.89 bits per heavy atom. The van der Waals surface area contributed by atoms with Crippen molar-refractivity contribution in [1.82, 2.24) is 5.32 Å². The van der Waals surface area contributed by atoms with Gasteiger partial charge in [0.15, 0.2) is 0 Å². The number of aliphatic hydroxyl groups excluding tert-OH is 1. The molecule has 18 heavy (non-hydrogen) atoms. The number of hydrogen-bond acceptors (Lipinski definition) is 4. The highest BCUT2D eigenvalue weighted by molar-refractivity contribution is 5.86. The summed E-state index contributed by atoms with van der Waals surface area (Å²) in [6.07, 6.45) is -0.927. The fourth-order valence-electron chi connectivity index (χ4n) is 1.51. The number of aliphatic hydroxyl groups is 1. The van der Waals surface area contributed by atoms with E-state index in [0.717, 1.165) is 0 Å². The molecule has 3 N–H and O–H groups in total. The number of rotatable bonds is 7. The third-order valence-electron chi connectivity index (χ3n) is 2.54. The van der Waals surface area contributed by atoms with Crippen molar-refractivity contribution in [2.45, 2.75) is 45.8 Å². The van der Waals surface area contributed by atoms with Crippen molar-refractivity contribution in [2.75, 3.05) is 0 Å². The van der Waals surface area contributed by atoms with E-state index in [0.29, 0.717) is 0 Å². The van der Waals surface area contributed by atoms with Crippen molar-refractivity contribution in [3.05, 3.63) is 0 Å². The largest absolute Gasteiger partial charge is 0.480 e. The molecule has 0 aromatic heterocycles. The molecule has 0 aromatic carbocycles. The summed E-state index contributed by atoms with van der Waals surface area (Å²) < 4.78 is 0. The summed E-state index contributed by atoms with van der Waals surface area (Å²) in [5.41, 5.74) is 0. The highest BCUT2D eigenvalue weighted by Crippen LogP contribution is 2.10. The molecule has 0 aliphatic rings. The van der Waals surface area contributed by atoms with E-state index in [4.69, 9.17) is 10.4 Å². The number of nitriles is 1. The van der Waals surface area contributed by atoms with Crippen LogP contribution in [0.3, 0.4) is 0 Å². The summed E-state index contributed by atoms with van der Waals surface area (Å²) in [4.78, 5) is 22.6. The van der Waals surface area contributed by atoms with Gasteiger partial charge >= 0.3 is 5.97 Å². The van der Waals surface area contributed by atoms with E-state index < -0.39 is 29.9 Å². The first-order chi connectivity index (χ1) is 8.29. The van der Waals surface area contributed by atoms with Crippen LogP contribution in [0.4, 0.5) is 0 Å². The average molecular weight is 256 g/mol. The molecule has 1 amide bonds. The minimum absolute atomic E-state index is 0.0253. The van der Waals surface area contributed by atoms with Crippen LogP contribution in [-0.4, -0.2) is 34.2 Å². The summed E-state index contributed by atoms with van der Waals surface area (Å²) in [6, 6.07) is 0.707. The highest BCUT2D eigenvalue weighted by Gasteiger charge is 2.28. The van der Waals surface area contributed by atoms with E-state index in [-0.39, 0.29) is 18.8 Å². The first kappa shape index (κ1) is 16.4. The number of carbonyl (C=O) groups is 2. The molecule has 0 aliphatic carbocycles. The van der Waals surface area contributed by atoms with E-state index in [1.807, 2.05) is 19.9 Å². The number of amides is 1. The minimum atomic E-state index is -1.22. The van der Waals surface area contributed by atoms with Crippen LogP contribution in [0, 0.1) is 23.2 Å². The molecule has 0 radical (unpaired) electrons. The molecule has 0 unspecified atom stereocenters. The van der Waals surface area contributed by atoms with E-state index in [9.17, 15) is 14.7 Å². The number of carboxylic acids is 1. The Bertz CT molecular complexity index is 335. The zero-order valence-electron chi connectivity index (χ0n) is 10.9. The Morgan fingerprint density at radius 1 is 1.33 bits per heavy atom. The molecule has 6 nitrogen and oxygen atoms in total. The van der Waals surface area contributed by atoms with Crippen molar-refractivity contribution >= 4 is 11.9 Å². The summed E-state index contributed by atoms with van der Waals surface area (Å²) in [5, 5.41) is 29.3. The normalized spacial score (nSPS) is 15.6. The van der Waals surface area contributed by atoms with Gasteiger partial charge in [0.05, 0.1) is 6.07 Å². The Hall–Kier alpha value is -1.61. The molecule has 102 valence electrons. The monoisotopic (exact) mass is 256 g/mol. The van der Waals surface area contributed by atoms with Gasteiger partial charge < -0.3 is 15.5 Å². The molecule has 0 fully saturated rings. The van der Waals surface area contributed by atoms with Gasteiger partial charge in [-0.2, -0.15) is 5.26 Å². The Morgan fingerprint density at radius 3 is 2.28 bits per heavy atom. The smallest absolute Gasteiger partial charge is 0.326 e. The van der Waals surface area contributed by atoms with E-state index in [1.54, 1.807) is 6.92 Å². The molecule has 0 saturated heterocycles. The molecule has 0 saturated carbocycles. The molecule has 0 spiro atoms. The van der Waals surface area contributed by atoms with E-state index in [2.05, 4.69) is 5.32 Å². The van der Waals surface area contributed by atoms with Gasteiger partial charge in [0.1, 0.15) is 12.1 Å². The summed E-state index contributed by atoms with van der Waals surface area (Å²) in [6.45, 7) is 5.27. The van der Waals surface area contributed by atoms with Crippen molar-refractivity contribution in [1.29, 1.82) is 5.26 Å².